The molecule has 4 rings (SSSR count). The van der Waals surface area contributed by atoms with E-state index < -0.39 is 5.97 Å². The average molecular weight is 404 g/mol. The van der Waals surface area contributed by atoms with Crippen molar-refractivity contribution in [1.82, 2.24) is 9.55 Å². The number of carbonyl (C=O) groups is 1. The zero-order chi connectivity index (χ0) is 20.2. The van der Waals surface area contributed by atoms with E-state index in [-0.39, 0.29) is 12.1 Å². The van der Waals surface area contributed by atoms with Crippen LogP contribution in [0.1, 0.15) is 13.3 Å². The smallest absolute Gasteiger partial charge is 0.326 e. The third kappa shape index (κ3) is 3.98. The summed E-state index contributed by atoms with van der Waals surface area (Å²) in [5.41, 5.74) is 3.80. The van der Waals surface area contributed by atoms with Gasteiger partial charge in [0, 0.05) is 10.9 Å². The van der Waals surface area contributed by atoms with E-state index in [9.17, 15) is 9.59 Å². The van der Waals surface area contributed by atoms with Crippen LogP contribution in [0, 0.1) is 0 Å². The molecule has 0 spiro atoms. The van der Waals surface area contributed by atoms with E-state index in [4.69, 9.17) is 4.74 Å². The molecule has 0 saturated heterocycles. The lowest BCUT2D eigenvalue weighted by Gasteiger charge is -2.07. The Morgan fingerprint density at radius 1 is 1.03 bits per heavy atom. The van der Waals surface area contributed by atoms with Gasteiger partial charge >= 0.3 is 5.97 Å². The normalized spacial score (nSPS) is 10.9. The van der Waals surface area contributed by atoms with Gasteiger partial charge in [0.2, 0.25) is 0 Å². The van der Waals surface area contributed by atoms with E-state index in [0.29, 0.717) is 16.8 Å². The van der Waals surface area contributed by atoms with Crippen LogP contribution >= 0.6 is 11.3 Å². The standard InChI is InChI=1S/C23H20N2O3S/c1-2-12-28-20(26)13-25-15-24-22-21(23(25)27)19(14-29-22)18-10-8-17(9-11-18)16-6-4-3-5-7-16/h3-11,14-15H,2,12-13H2,1H3. The lowest BCUT2D eigenvalue weighted by Crippen LogP contribution is -2.25. The first-order valence-corrected chi connectivity index (χ1v) is 10.3. The van der Waals surface area contributed by atoms with Crippen LogP contribution in [0.3, 0.4) is 0 Å². The molecule has 4 aromatic rings. The van der Waals surface area contributed by atoms with Crippen LogP contribution in [0.2, 0.25) is 0 Å². The summed E-state index contributed by atoms with van der Waals surface area (Å²) in [5, 5.41) is 2.48. The second-order valence-electron chi connectivity index (χ2n) is 6.67. The Morgan fingerprint density at radius 2 is 1.72 bits per heavy atom. The molecule has 0 N–H and O–H groups in total. The molecule has 0 amide bonds. The maximum Gasteiger partial charge on any atom is 0.326 e. The maximum absolute atomic E-state index is 13.0. The van der Waals surface area contributed by atoms with Crippen LogP contribution in [0.15, 0.2) is 71.1 Å². The molecule has 2 heterocycles. The Hall–Kier alpha value is -3.25. The molecular formula is C23H20N2O3S. The SMILES string of the molecule is CCCOC(=O)Cn1cnc2scc(-c3ccc(-c4ccccc4)cc3)c2c1=O. The average Bonchev–Trinajstić information content (AvgIpc) is 3.20. The fourth-order valence-electron chi connectivity index (χ4n) is 3.17. The van der Waals surface area contributed by atoms with Crippen molar-refractivity contribution in [3.05, 3.63) is 76.7 Å². The molecule has 0 unspecified atom stereocenters. The topological polar surface area (TPSA) is 61.2 Å². The van der Waals surface area contributed by atoms with Crippen molar-refractivity contribution in [2.24, 2.45) is 0 Å². The Kier molecular flexibility index (Phi) is 5.53. The van der Waals surface area contributed by atoms with Crippen molar-refractivity contribution in [2.75, 3.05) is 6.61 Å². The molecule has 2 aromatic heterocycles. The largest absolute Gasteiger partial charge is 0.464 e. The first-order valence-electron chi connectivity index (χ1n) is 9.45. The van der Waals surface area contributed by atoms with Crippen LogP contribution < -0.4 is 5.56 Å². The molecule has 0 aliphatic rings. The molecule has 0 fully saturated rings. The number of hydrogen-bond acceptors (Lipinski definition) is 5. The Labute approximate surface area is 172 Å². The number of esters is 1. The monoisotopic (exact) mass is 404 g/mol. The van der Waals surface area contributed by atoms with E-state index >= 15 is 0 Å². The molecule has 2 aromatic carbocycles. The Balaban J connectivity index is 1.68. The molecule has 6 heteroatoms. The number of fused-ring (bicyclic) bond motifs is 1. The molecule has 146 valence electrons. The number of hydrogen-bond donors (Lipinski definition) is 0. The number of benzene rings is 2. The minimum Gasteiger partial charge on any atom is -0.464 e. The van der Waals surface area contributed by atoms with Gasteiger partial charge in [-0.1, -0.05) is 61.5 Å². The molecule has 0 saturated carbocycles. The zero-order valence-electron chi connectivity index (χ0n) is 16.0. The number of ether oxygens (including phenoxy) is 1. The highest BCUT2D eigenvalue weighted by molar-refractivity contribution is 7.17. The maximum atomic E-state index is 13.0. The quantitative estimate of drug-likeness (QED) is 0.435. The molecule has 0 aliphatic carbocycles. The number of rotatable bonds is 6. The van der Waals surface area contributed by atoms with Gasteiger partial charge in [0.25, 0.3) is 5.56 Å². The summed E-state index contributed by atoms with van der Waals surface area (Å²) < 4.78 is 6.40. The van der Waals surface area contributed by atoms with Crippen LogP contribution in [0.5, 0.6) is 0 Å². The van der Waals surface area contributed by atoms with E-state index in [1.165, 1.54) is 22.2 Å². The molecule has 0 aliphatic heterocycles. The summed E-state index contributed by atoms with van der Waals surface area (Å²) >= 11 is 1.42. The van der Waals surface area contributed by atoms with Gasteiger partial charge in [-0.15, -0.1) is 11.3 Å². The van der Waals surface area contributed by atoms with Crippen LogP contribution in [0.4, 0.5) is 0 Å². The van der Waals surface area contributed by atoms with Gasteiger partial charge in [-0.2, -0.15) is 0 Å². The summed E-state index contributed by atoms with van der Waals surface area (Å²) in [6, 6.07) is 18.3. The zero-order valence-corrected chi connectivity index (χ0v) is 16.8. The van der Waals surface area contributed by atoms with Crippen molar-refractivity contribution >= 4 is 27.5 Å². The van der Waals surface area contributed by atoms with Crippen LogP contribution in [0.25, 0.3) is 32.5 Å². The van der Waals surface area contributed by atoms with E-state index in [2.05, 4.69) is 17.1 Å². The van der Waals surface area contributed by atoms with Gasteiger partial charge in [0.1, 0.15) is 11.4 Å². The van der Waals surface area contributed by atoms with Gasteiger partial charge in [-0.3, -0.25) is 14.2 Å². The van der Waals surface area contributed by atoms with Crippen LogP contribution in [-0.4, -0.2) is 22.1 Å². The first-order chi connectivity index (χ1) is 14.2. The van der Waals surface area contributed by atoms with Crippen LogP contribution in [-0.2, 0) is 16.1 Å². The summed E-state index contributed by atoms with van der Waals surface area (Å²) in [6.07, 6.45) is 2.15. The lowest BCUT2D eigenvalue weighted by atomic mass is 10.0. The van der Waals surface area contributed by atoms with Gasteiger partial charge in [0.15, 0.2) is 0 Å². The molecule has 0 atom stereocenters. The molecule has 0 radical (unpaired) electrons. The highest BCUT2D eigenvalue weighted by Gasteiger charge is 2.15. The van der Waals surface area contributed by atoms with Gasteiger partial charge in [-0.05, 0) is 23.1 Å². The fourth-order valence-corrected chi connectivity index (χ4v) is 4.07. The number of nitrogens with zero attached hydrogens (tertiary/aromatic N) is 2. The van der Waals surface area contributed by atoms with E-state index in [0.717, 1.165) is 28.7 Å². The van der Waals surface area contributed by atoms with Crippen molar-refractivity contribution in [1.29, 1.82) is 0 Å². The van der Waals surface area contributed by atoms with Crippen molar-refractivity contribution in [3.63, 3.8) is 0 Å². The van der Waals surface area contributed by atoms with Crippen molar-refractivity contribution < 1.29 is 9.53 Å². The molecular weight excluding hydrogens is 384 g/mol. The molecule has 29 heavy (non-hydrogen) atoms. The highest BCUT2D eigenvalue weighted by atomic mass is 32.1. The Morgan fingerprint density at radius 3 is 2.45 bits per heavy atom. The predicted molar refractivity (Wildman–Crippen MR) is 116 cm³/mol. The number of carbonyl (C=O) groups excluding carboxylic acids is 1. The van der Waals surface area contributed by atoms with E-state index in [1.807, 2.05) is 54.8 Å². The minimum absolute atomic E-state index is 0.135. The van der Waals surface area contributed by atoms with Crippen molar-refractivity contribution in [3.8, 4) is 22.3 Å². The van der Waals surface area contributed by atoms with Gasteiger partial charge < -0.3 is 4.74 Å². The summed E-state index contributed by atoms with van der Waals surface area (Å²) in [5.74, 6) is -0.431. The third-order valence-electron chi connectivity index (χ3n) is 4.63. The van der Waals surface area contributed by atoms with Gasteiger partial charge in [0.05, 0.1) is 18.3 Å². The lowest BCUT2D eigenvalue weighted by molar-refractivity contribution is -0.144. The molecule has 5 nitrogen and oxygen atoms in total. The fraction of sp³-hybridized carbons (Fsp3) is 0.174. The minimum atomic E-state index is -0.431. The predicted octanol–water partition coefficient (Wildman–Crippen LogP) is 4.75. The second kappa shape index (κ2) is 8.41. The number of thiophene rings is 1. The van der Waals surface area contributed by atoms with Gasteiger partial charge in [-0.25, -0.2) is 4.98 Å². The third-order valence-corrected chi connectivity index (χ3v) is 5.52. The first kappa shape index (κ1) is 19.1. The molecule has 0 bridgehead atoms. The van der Waals surface area contributed by atoms with Crippen molar-refractivity contribution in [2.45, 2.75) is 19.9 Å². The second-order valence-corrected chi connectivity index (χ2v) is 7.53. The Bertz CT molecular complexity index is 1190. The number of aromatic nitrogens is 2. The highest BCUT2D eigenvalue weighted by Crippen LogP contribution is 2.32. The summed E-state index contributed by atoms with van der Waals surface area (Å²) in [6.45, 7) is 2.14. The summed E-state index contributed by atoms with van der Waals surface area (Å²) in [4.78, 5) is 29.9. The van der Waals surface area contributed by atoms with E-state index in [1.54, 1.807) is 0 Å². The summed E-state index contributed by atoms with van der Waals surface area (Å²) in [7, 11) is 0.